The summed E-state index contributed by atoms with van der Waals surface area (Å²) in [5.74, 6) is 0.796. The molecule has 0 aromatic heterocycles. The van der Waals surface area contributed by atoms with Crippen molar-refractivity contribution in [2.45, 2.75) is 51.9 Å². The third-order valence-corrected chi connectivity index (χ3v) is 3.32. The van der Waals surface area contributed by atoms with Crippen molar-refractivity contribution >= 4 is 6.29 Å². The third kappa shape index (κ3) is 4.17. The van der Waals surface area contributed by atoms with Crippen LogP contribution >= 0.6 is 0 Å². The minimum atomic E-state index is -0.0308. The summed E-state index contributed by atoms with van der Waals surface area (Å²) in [5, 5.41) is 0. The van der Waals surface area contributed by atoms with E-state index in [0.717, 1.165) is 30.4 Å². The summed E-state index contributed by atoms with van der Waals surface area (Å²) in [6, 6.07) is 6.03. The van der Waals surface area contributed by atoms with Crippen LogP contribution in [0.4, 0.5) is 0 Å². The number of hydrogen-bond donors (Lipinski definition) is 0. The van der Waals surface area contributed by atoms with Gasteiger partial charge in [0.1, 0.15) is 12.0 Å². The molecule has 1 aromatic rings. The highest BCUT2D eigenvalue weighted by Gasteiger charge is 2.15. The molecule has 0 bridgehead atoms. The average Bonchev–Trinajstić information content (AvgIpc) is 2.39. The molecule has 0 saturated heterocycles. The van der Waals surface area contributed by atoms with Crippen molar-refractivity contribution < 1.29 is 9.53 Å². The molecule has 0 amide bonds. The van der Waals surface area contributed by atoms with E-state index in [1.807, 2.05) is 19.1 Å². The fraction of sp³-hybridized carbons (Fsp3) is 0.562. The average molecular weight is 248 g/mol. The van der Waals surface area contributed by atoms with Crippen LogP contribution in [0.1, 0.15) is 56.1 Å². The number of carbonyl (C=O) groups is 1. The van der Waals surface area contributed by atoms with Gasteiger partial charge in [0.15, 0.2) is 0 Å². The Morgan fingerprint density at radius 2 is 2.06 bits per heavy atom. The van der Waals surface area contributed by atoms with Crippen molar-refractivity contribution in [3.63, 3.8) is 0 Å². The topological polar surface area (TPSA) is 26.3 Å². The van der Waals surface area contributed by atoms with Crippen LogP contribution in [0.15, 0.2) is 18.2 Å². The number of rotatable bonds is 8. The lowest BCUT2D eigenvalue weighted by molar-refractivity contribution is -0.109. The monoisotopic (exact) mass is 248 g/mol. The predicted octanol–water partition coefficient (Wildman–Crippen LogP) is 4.26. The van der Waals surface area contributed by atoms with E-state index in [0.29, 0.717) is 0 Å². The van der Waals surface area contributed by atoms with Gasteiger partial charge in [0.25, 0.3) is 0 Å². The second-order valence-corrected chi connectivity index (χ2v) is 4.84. The maximum atomic E-state index is 11.3. The normalized spacial score (nSPS) is 12.2. The van der Waals surface area contributed by atoms with Crippen LogP contribution < -0.4 is 4.74 Å². The van der Waals surface area contributed by atoms with Crippen LogP contribution in [-0.4, -0.2) is 13.4 Å². The van der Waals surface area contributed by atoms with Crippen LogP contribution in [-0.2, 0) is 4.79 Å². The fourth-order valence-electron chi connectivity index (χ4n) is 2.23. The Bertz CT molecular complexity index is 371. The summed E-state index contributed by atoms with van der Waals surface area (Å²) in [7, 11) is 1.66. The first-order valence-electron chi connectivity index (χ1n) is 6.82. The van der Waals surface area contributed by atoms with Crippen LogP contribution in [0, 0.1) is 6.92 Å². The summed E-state index contributed by atoms with van der Waals surface area (Å²) in [4.78, 5) is 11.3. The van der Waals surface area contributed by atoms with Crippen molar-refractivity contribution in [3.05, 3.63) is 29.3 Å². The lowest BCUT2D eigenvalue weighted by Crippen LogP contribution is -2.03. The lowest BCUT2D eigenvalue weighted by Gasteiger charge is -2.15. The number of methoxy groups -OCH3 is 1. The molecule has 0 aliphatic heterocycles. The Balaban J connectivity index is 2.74. The molecule has 18 heavy (non-hydrogen) atoms. The molecule has 1 unspecified atom stereocenters. The molecule has 0 fully saturated rings. The maximum Gasteiger partial charge on any atom is 0.127 e. The van der Waals surface area contributed by atoms with E-state index in [-0.39, 0.29) is 5.92 Å². The highest BCUT2D eigenvalue weighted by Crippen LogP contribution is 2.30. The Morgan fingerprint density at radius 3 is 2.67 bits per heavy atom. The highest BCUT2D eigenvalue weighted by atomic mass is 16.5. The standard InChI is InChI=1S/C16H24O2/c1-4-5-6-7-8-14(12-17)15-11-13(2)9-10-16(15)18-3/h9-12,14H,4-8H2,1-3H3. The lowest BCUT2D eigenvalue weighted by atomic mass is 9.92. The van der Waals surface area contributed by atoms with E-state index < -0.39 is 0 Å². The van der Waals surface area contributed by atoms with Gasteiger partial charge in [-0.3, -0.25) is 0 Å². The zero-order chi connectivity index (χ0) is 13.4. The summed E-state index contributed by atoms with van der Waals surface area (Å²) >= 11 is 0. The number of carbonyl (C=O) groups excluding carboxylic acids is 1. The van der Waals surface area contributed by atoms with Crippen molar-refractivity contribution in [2.75, 3.05) is 7.11 Å². The number of benzene rings is 1. The molecule has 2 nitrogen and oxygen atoms in total. The van der Waals surface area contributed by atoms with Crippen molar-refractivity contribution in [1.82, 2.24) is 0 Å². The van der Waals surface area contributed by atoms with Crippen LogP contribution in [0.2, 0.25) is 0 Å². The van der Waals surface area contributed by atoms with Crippen LogP contribution in [0.5, 0.6) is 5.75 Å². The first-order chi connectivity index (χ1) is 8.72. The van der Waals surface area contributed by atoms with E-state index >= 15 is 0 Å². The van der Waals surface area contributed by atoms with Crippen molar-refractivity contribution in [2.24, 2.45) is 0 Å². The smallest absolute Gasteiger partial charge is 0.127 e. The largest absolute Gasteiger partial charge is 0.496 e. The van der Waals surface area contributed by atoms with Gasteiger partial charge in [-0.1, -0.05) is 50.3 Å². The summed E-state index contributed by atoms with van der Waals surface area (Å²) in [6.07, 6.45) is 6.76. The molecule has 0 radical (unpaired) electrons. The first-order valence-corrected chi connectivity index (χ1v) is 6.82. The Kier molecular flexibility index (Phi) is 6.48. The number of aryl methyl sites for hydroxylation is 1. The van der Waals surface area contributed by atoms with E-state index in [2.05, 4.69) is 13.0 Å². The number of hydrogen-bond acceptors (Lipinski definition) is 2. The Hall–Kier alpha value is -1.31. The van der Waals surface area contributed by atoms with E-state index in [1.54, 1.807) is 7.11 Å². The van der Waals surface area contributed by atoms with Gasteiger partial charge >= 0.3 is 0 Å². The SMILES string of the molecule is CCCCCCC(C=O)c1cc(C)ccc1OC. The minimum Gasteiger partial charge on any atom is -0.496 e. The molecule has 2 heteroatoms. The van der Waals surface area contributed by atoms with Crippen LogP contribution in [0.25, 0.3) is 0 Å². The zero-order valence-electron chi connectivity index (χ0n) is 11.7. The quantitative estimate of drug-likeness (QED) is 0.507. The third-order valence-electron chi connectivity index (χ3n) is 3.32. The first kappa shape index (κ1) is 14.7. The van der Waals surface area contributed by atoms with E-state index in [9.17, 15) is 4.79 Å². The van der Waals surface area contributed by atoms with Crippen LogP contribution in [0.3, 0.4) is 0 Å². The molecule has 100 valence electrons. The fourth-order valence-corrected chi connectivity index (χ4v) is 2.23. The highest BCUT2D eigenvalue weighted by molar-refractivity contribution is 5.64. The molecule has 0 spiro atoms. The molecule has 0 N–H and O–H groups in total. The summed E-state index contributed by atoms with van der Waals surface area (Å²) in [5.41, 5.74) is 2.20. The van der Waals surface area contributed by atoms with Gasteiger partial charge in [0.05, 0.1) is 7.11 Å². The molecular weight excluding hydrogens is 224 g/mol. The molecule has 0 heterocycles. The second kappa shape index (κ2) is 7.91. The summed E-state index contributed by atoms with van der Waals surface area (Å²) < 4.78 is 5.35. The van der Waals surface area contributed by atoms with Gasteiger partial charge < -0.3 is 9.53 Å². The molecule has 1 aromatic carbocycles. The van der Waals surface area contributed by atoms with Crippen molar-refractivity contribution in [3.8, 4) is 5.75 Å². The van der Waals surface area contributed by atoms with E-state index in [4.69, 9.17) is 4.74 Å². The number of unbranched alkanes of at least 4 members (excludes halogenated alkanes) is 3. The maximum absolute atomic E-state index is 11.3. The molecule has 0 saturated carbocycles. The number of ether oxygens (including phenoxy) is 1. The molecule has 1 atom stereocenters. The van der Waals surface area contributed by atoms with E-state index in [1.165, 1.54) is 24.8 Å². The number of aldehydes is 1. The predicted molar refractivity (Wildman–Crippen MR) is 75.3 cm³/mol. The van der Waals surface area contributed by atoms with Gasteiger partial charge in [-0.25, -0.2) is 0 Å². The van der Waals surface area contributed by atoms with Gasteiger partial charge in [-0.2, -0.15) is 0 Å². The molecule has 0 aliphatic rings. The van der Waals surface area contributed by atoms with Gasteiger partial charge in [-0.05, 0) is 19.4 Å². The Labute approximate surface area is 110 Å². The van der Waals surface area contributed by atoms with Gasteiger partial charge in [-0.15, -0.1) is 0 Å². The zero-order valence-corrected chi connectivity index (χ0v) is 11.7. The minimum absolute atomic E-state index is 0.0308. The van der Waals surface area contributed by atoms with Gasteiger partial charge in [0.2, 0.25) is 0 Å². The molecule has 0 aliphatic carbocycles. The second-order valence-electron chi connectivity index (χ2n) is 4.84. The molecular formula is C16H24O2. The van der Waals surface area contributed by atoms with Gasteiger partial charge in [0, 0.05) is 11.5 Å². The molecule has 1 rings (SSSR count). The summed E-state index contributed by atoms with van der Waals surface area (Å²) in [6.45, 7) is 4.24. The Morgan fingerprint density at radius 1 is 1.28 bits per heavy atom. The van der Waals surface area contributed by atoms with Crippen molar-refractivity contribution in [1.29, 1.82) is 0 Å².